The highest BCUT2D eigenvalue weighted by Gasteiger charge is 2.11. The molecule has 0 aliphatic heterocycles. The molecule has 128 valence electrons. The first kappa shape index (κ1) is 16.8. The number of rotatable bonds is 6. The van der Waals surface area contributed by atoms with Gasteiger partial charge in [0.05, 0.1) is 6.54 Å². The van der Waals surface area contributed by atoms with Crippen LogP contribution < -0.4 is 4.74 Å². The van der Waals surface area contributed by atoms with Gasteiger partial charge in [0, 0.05) is 30.7 Å². The van der Waals surface area contributed by atoms with Crippen molar-refractivity contribution in [2.24, 2.45) is 0 Å². The number of ether oxygens (including phenoxy) is 1. The van der Waals surface area contributed by atoms with E-state index in [2.05, 4.69) is 0 Å². The average Bonchev–Trinajstić information content (AvgIpc) is 3.16. The number of hydrogen-bond acceptors (Lipinski definition) is 2. The van der Waals surface area contributed by atoms with E-state index < -0.39 is 0 Å². The summed E-state index contributed by atoms with van der Waals surface area (Å²) in [5.74, 6) is 0.823. The number of likely N-dealkylation sites (N-methyl/N-ethyl adjacent to an activating group) is 1. The van der Waals surface area contributed by atoms with Crippen molar-refractivity contribution in [3.63, 3.8) is 0 Å². The zero-order valence-corrected chi connectivity index (χ0v) is 14.6. The van der Waals surface area contributed by atoms with E-state index in [0.29, 0.717) is 18.7 Å². The molecule has 0 aliphatic rings. The van der Waals surface area contributed by atoms with Crippen molar-refractivity contribution in [1.82, 2.24) is 9.47 Å². The highest BCUT2D eigenvalue weighted by atomic mass is 16.5. The molecule has 0 fully saturated rings. The number of carbonyl (C=O) groups excluding carboxylic acids is 1. The van der Waals surface area contributed by atoms with Crippen molar-refractivity contribution in [3.05, 3.63) is 84.2 Å². The van der Waals surface area contributed by atoms with Crippen molar-refractivity contribution >= 4 is 5.91 Å². The predicted octanol–water partition coefficient (Wildman–Crippen LogP) is 3.94. The van der Waals surface area contributed by atoms with Crippen LogP contribution >= 0.6 is 0 Å². The van der Waals surface area contributed by atoms with E-state index in [1.54, 1.807) is 11.9 Å². The summed E-state index contributed by atoms with van der Waals surface area (Å²) in [5.41, 5.74) is 2.87. The van der Waals surface area contributed by atoms with Gasteiger partial charge >= 0.3 is 0 Å². The molecule has 0 unspecified atom stereocenters. The summed E-state index contributed by atoms with van der Waals surface area (Å²) in [6, 6.07) is 19.5. The molecule has 1 aromatic heterocycles. The summed E-state index contributed by atoms with van der Waals surface area (Å²) in [7, 11) is 1.79. The van der Waals surface area contributed by atoms with E-state index in [1.807, 2.05) is 84.5 Å². The molecule has 0 bridgehead atoms. The highest BCUT2D eigenvalue weighted by Crippen LogP contribution is 2.13. The lowest BCUT2D eigenvalue weighted by Crippen LogP contribution is -2.30. The van der Waals surface area contributed by atoms with Gasteiger partial charge in [0.1, 0.15) is 12.4 Å². The van der Waals surface area contributed by atoms with Crippen LogP contribution in [0.2, 0.25) is 0 Å². The fraction of sp³-hybridized carbons (Fsp3) is 0.190. The maximum Gasteiger partial charge on any atom is 0.253 e. The van der Waals surface area contributed by atoms with Crippen molar-refractivity contribution in [2.45, 2.75) is 6.92 Å². The van der Waals surface area contributed by atoms with E-state index in [0.717, 1.165) is 17.0 Å². The van der Waals surface area contributed by atoms with Gasteiger partial charge in [-0.2, -0.15) is 0 Å². The van der Waals surface area contributed by atoms with Gasteiger partial charge in [0.15, 0.2) is 0 Å². The molecule has 0 saturated heterocycles. The third-order valence-corrected chi connectivity index (χ3v) is 4.05. The summed E-state index contributed by atoms with van der Waals surface area (Å²) in [6.07, 6.45) is 3.96. The number of hydrogen-bond donors (Lipinski definition) is 0. The molecule has 0 aliphatic carbocycles. The lowest BCUT2D eigenvalue weighted by atomic mass is 10.2. The molecule has 4 nitrogen and oxygen atoms in total. The van der Waals surface area contributed by atoms with Crippen LogP contribution in [-0.2, 0) is 0 Å². The van der Waals surface area contributed by atoms with Crippen LogP contribution in [-0.4, -0.2) is 35.6 Å². The molecular formula is C21H22N2O2. The average molecular weight is 334 g/mol. The van der Waals surface area contributed by atoms with Crippen LogP contribution in [0.3, 0.4) is 0 Å². The Kier molecular flexibility index (Phi) is 5.19. The fourth-order valence-corrected chi connectivity index (χ4v) is 2.61. The zero-order valence-electron chi connectivity index (χ0n) is 14.6. The van der Waals surface area contributed by atoms with Crippen LogP contribution in [0.15, 0.2) is 73.1 Å². The van der Waals surface area contributed by atoms with Gasteiger partial charge in [-0.1, -0.05) is 12.1 Å². The second kappa shape index (κ2) is 7.71. The smallest absolute Gasteiger partial charge is 0.253 e. The molecule has 0 spiro atoms. The minimum absolute atomic E-state index is 0.00750. The Morgan fingerprint density at radius 1 is 1.04 bits per heavy atom. The molecular weight excluding hydrogens is 312 g/mol. The SMILES string of the molecule is Cc1cccc(OCCN(C)C(=O)c2ccc(-n3cccc3)cc2)c1. The third-order valence-electron chi connectivity index (χ3n) is 4.05. The zero-order chi connectivity index (χ0) is 17.6. The maximum atomic E-state index is 12.5. The Balaban J connectivity index is 1.55. The number of amides is 1. The Morgan fingerprint density at radius 3 is 2.44 bits per heavy atom. The van der Waals surface area contributed by atoms with Crippen molar-refractivity contribution in [2.75, 3.05) is 20.2 Å². The number of aromatic nitrogens is 1. The topological polar surface area (TPSA) is 34.5 Å². The Bertz CT molecular complexity index is 823. The number of nitrogens with zero attached hydrogens (tertiary/aromatic N) is 2. The minimum Gasteiger partial charge on any atom is -0.492 e. The molecule has 4 heteroatoms. The molecule has 1 heterocycles. The fourth-order valence-electron chi connectivity index (χ4n) is 2.61. The molecule has 0 atom stereocenters. The van der Waals surface area contributed by atoms with E-state index >= 15 is 0 Å². The van der Waals surface area contributed by atoms with Gasteiger partial charge in [-0.15, -0.1) is 0 Å². The monoisotopic (exact) mass is 334 g/mol. The molecule has 3 rings (SSSR count). The summed E-state index contributed by atoms with van der Waals surface area (Å²) in [4.78, 5) is 14.2. The van der Waals surface area contributed by atoms with Crippen LogP contribution in [0.5, 0.6) is 5.75 Å². The van der Waals surface area contributed by atoms with Gasteiger partial charge in [0.25, 0.3) is 5.91 Å². The van der Waals surface area contributed by atoms with Crippen molar-refractivity contribution in [1.29, 1.82) is 0 Å². The van der Waals surface area contributed by atoms with Crippen LogP contribution in [0.1, 0.15) is 15.9 Å². The van der Waals surface area contributed by atoms with E-state index in [9.17, 15) is 4.79 Å². The molecule has 25 heavy (non-hydrogen) atoms. The van der Waals surface area contributed by atoms with Crippen molar-refractivity contribution in [3.8, 4) is 11.4 Å². The van der Waals surface area contributed by atoms with Crippen molar-refractivity contribution < 1.29 is 9.53 Å². The summed E-state index contributed by atoms with van der Waals surface area (Å²) < 4.78 is 7.72. The van der Waals surface area contributed by atoms with Gasteiger partial charge < -0.3 is 14.2 Å². The Hall–Kier alpha value is -3.01. The van der Waals surface area contributed by atoms with Gasteiger partial charge in [0.2, 0.25) is 0 Å². The van der Waals surface area contributed by atoms with Gasteiger partial charge in [-0.3, -0.25) is 4.79 Å². The molecule has 0 saturated carbocycles. The molecule has 0 N–H and O–H groups in total. The van der Waals surface area contributed by atoms with E-state index in [-0.39, 0.29) is 5.91 Å². The van der Waals surface area contributed by atoms with Gasteiger partial charge in [-0.25, -0.2) is 0 Å². The number of carbonyl (C=O) groups is 1. The normalized spacial score (nSPS) is 10.5. The second-order valence-electron chi connectivity index (χ2n) is 6.03. The number of benzene rings is 2. The lowest BCUT2D eigenvalue weighted by Gasteiger charge is -2.18. The quantitative estimate of drug-likeness (QED) is 0.684. The first-order valence-electron chi connectivity index (χ1n) is 8.32. The predicted molar refractivity (Wildman–Crippen MR) is 99.4 cm³/mol. The second-order valence-corrected chi connectivity index (χ2v) is 6.03. The van der Waals surface area contributed by atoms with E-state index in [4.69, 9.17) is 4.74 Å². The molecule has 3 aromatic rings. The summed E-state index contributed by atoms with van der Waals surface area (Å²) >= 11 is 0. The number of aryl methyl sites for hydroxylation is 1. The Morgan fingerprint density at radius 2 is 1.76 bits per heavy atom. The van der Waals surface area contributed by atoms with Crippen LogP contribution in [0, 0.1) is 6.92 Å². The summed E-state index contributed by atoms with van der Waals surface area (Å²) in [6.45, 7) is 3.03. The van der Waals surface area contributed by atoms with Gasteiger partial charge in [-0.05, 0) is 61.0 Å². The summed E-state index contributed by atoms with van der Waals surface area (Å²) in [5, 5.41) is 0. The first-order chi connectivity index (χ1) is 12.1. The third kappa shape index (κ3) is 4.29. The standard InChI is InChI=1S/C21H22N2O2/c1-17-6-5-7-20(16-17)25-15-14-22(2)21(24)18-8-10-19(11-9-18)23-12-3-4-13-23/h3-13,16H,14-15H2,1-2H3. The molecule has 0 radical (unpaired) electrons. The molecule has 1 amide bonds. The first-order valence-corrected chi connectivity index (χ1v) is 8.32. The highest BCUT2D eigenvalue weighted by molar-refractivity contribution is 5.94. The minimum atomic E-state index is -0.00750. The van der Waals surface area contributed by atoms with Crippen LogP contribution in [0.25, 0.3) is 5.69 Å². The molecule has 2 aromatic carbocycles. The Labute approximate surface area is 148 Å². The van der Waals surface area contributed by atoms with Crippen LogP contribution in [0.4, 0.5) is 0 Å². The van der Waals surface area contributed by atoms with E-state index in [1.165, 1.54) is 0 Å². The largest absolute Gasteiger partial charge is 0.492 e. The maximum absolute atomic E-state index is 12.5. The lowest BCUT2D eigenvalue weighted by molar-refractivity contribution is 0.0774.